The number of benzene rings is 1. The molecule has 3 nitrogen and oxygen atoms in total. The van der Waals surface area contributed by atoms with Crippen molar-refractivity contribution in [1.29, 1.82) is 0 Å². The largest absolute Gasteiger partial charge is 0.396 e. The first-order valence-electron chi connectivity index (χ1n) is 6.71. The van der Waals surface area contributed by atoms with Gasteiger partial charge in [-0.1, -0.05) is 51.1 Å². The minimum Gasteiger partial charge on any atom is -0.396 e. The van der Waals surface area contributed by atoms with Gasteiger partial charge >= 0.3 is 0 Å². The second-order valence-corrected chi connectivity index (χ2v) is 11.2. The molecule has 0 saturated heterocycles. The van der Waals surface area contributed by atoms with Crippen LogP contribution in [-0.2, 0) is 4.43 Å². The Kier molecular flexibility index (Phi) is 5.32. The fourth-order valence-corrected chi connectivity index (χ4v) is 2.74. The van der Waals surface area contributed by atoms with Crippen molar-refractivity contribution < 1.29 is 14.6 Å². The van der Waals surface area contributed by atoms with Crippen molar-refractivity contribution in [2.75, 3.05) is 6.61 Å². The molecule has 2 atom stereocenters. The van der Waals surface area contributed by atoms with Crippen LogP contribution in [-0.4, -0.2) is 31.4 Å². The van der Waals surface area contributed by atoms with E-state index in [0.29, 0.717) is 0 Å². The lowest BCUT2D eigenvalue weighted by molar-refractivity contribution is -0.0598. The van der Waals surface area contributed by atoms with Crippen molar-refractivity contribution in [3.8, 4) is 0 Å². The summed E-state index contributed by atoms with van der Waals surface area (Å²) in [4.78, 5) is 0. The molecule has 1 rings (SSSR count). The fourth-order valence-electron chi connectivity index (χ4n) is 1.62. The van der Waals surface area contributed by atoms with E-state index in [2.05, 4.69) is 33.9 Å². The molecule has 0 aliphatic rings. The Balaban J connectivity index is 2.84. The van der Waals surface area contributed by atoms with Gasteiger partial charge in [0.15, 0.2) is 14.6 Å². The van der Waals surface area contributed by atoms with Crippen LogP contribution in [0.4, 0.5) is 0 Å². The number of hydrogen-bond acceptors (Lipinski definition) is 3. The first kappa shape index (κ1) is 16.4. The predicted octanol–water partition coefficient (Wildman–Crippen LogP) is 3.10. The van der Waals surface area contributed by atoms with E-state index in [1.807, 2.05) is 30.3 Å². The molecule has 0 fully saturated rings. The molecule has 1 aromatic rings. The van der Waals surface area contributed by atoms with Gasteiger partial charge in [0.2, 0.25) is 0 Å². The number of hydrogen-bond donors (Lipinski definition) is 2. The van der Waals surface area contributed by atoms with E-state index >= 15 is 0 Å². The summed E-state index contributed by atoms with van der Waals surface area (Å²) in [5.74, 6) is -0.393. The highest BCUT2D eigenvalue weighted by Crippen LogP contribution is 2.38. The minimum absolute atomic E-state index is 0.0324. The van der Waals surface area contributed by atoms with E-state index in [9.17, 15) is 10.2 Å². The van der Waals surface area contributed by atoms with Crippen molar-refractivity contribution in [3.63, 3.8) is 0 Å². The summed E-state index contributed by atoms with van der Waals surface area (Å²) in [6.45, 7) is 10.4. The second-order valence-electron chi connectivity index (χ2n) is 6.47. The second kappa shape index (κ2) is 6.18. The van der Waals surface area contributed by atoms with Gasteiger partial charge in [0.05, 0.1) is 12.5 Å². The van der Waals surface area contributed by atoms with Gasteiger partial charge < -0.3 is 14.6 Å². The molecule has 0 saturated carbocycles. The van der Waals surface area contributed by atoms with Gasteiger partial charge in [0.1, 0.15) is 0 Å². The molecule has 0 spiro atoms. The molecule has 0 radical (unpaired) electrons. The van der Waals surface area contributed by atoms with Gasteiger partial charge in [-0.25, -0.2) is 0 Å². The van der Waals surface area contributed by atoms with Crippen molar-refractivity contribution in [1.82, 2.24) is 0 Å². The monoisotopic (exact) mass is 282 g/mol. The molecular weight excluding hydrogens is 256 g/mol. The molecule has 1 aromatic carbocycles. The molecule has 0 aliphatic heterocycles. The highest BCUT2D eigenvalue weighted by molar-refractivity contribution is 6.74. The third-order valence-electron chi connectivity index (χ3n) is 3.99. The zero-order chi connectivity index (χ0) is 14.7. The molecule has 0 aliphatic carbocycles. The van der Waals surface area contributed by atoms with Crippen molar-refractivity contribution in [2.24, 2.45) is 0 Å². The standard InChI is InChI=1S/C15H26O3Si/c1-15(2,3)19(4,5)18-14(17)13(11-16)12-9-7-6-8-10-12/h6-10,13-14,16-17H,11H2,1-5H3. The van der Waals surface area contributed by atoms with Gasteiger partial charge in [-0.2, -0.15) is 0 Å². The van der Waals surface area contributed by atoms with Crippen LogP contribution in [0.15, 0.2) is 30.3 Å². The maximum atomic E-state index is 10.3. The molecule has 0 aromatic heterocycles. The molecule has 2 N–H and O–H groups in total. The van der Waals surface area contributed by atoms with Gasteiger partial charge in [-0.05, 0) is 23.7 Å². The third-order valence-corrected chi connectivity index (χ3v) is 8.43. The highest BCUT2D eigenvalue weighted by atomic mass is 28.4. The van der Waals surface area contributed by atoms with Crippen LogP contribution in [0.2, 0.25) is 18.1 Å². The van der Waals surface area contributed by atoms with Crippen molar-refractivity contribution >= 4 is 8.32 Å². The summed E-state index contributed by atoms with van der Waals surface area (Å²) in [6.07, 6.45) is -0.965. The van der Waals surface area contributed by atoms with Crippen LogP contribution in [0, 0.1) is 0 Å². The molecule has 4 heteroatoms. The first-order chi connectivity index (χ1) is 8.69. The van der Waals surface area contributed by atoms with Crippen LogP contribution < -0.4 is 0 Å². The van der Waals surface area contributed by atoms with E-state index in [1.165, 1.54) is 0 Å². The fraction of sp³-hybridized carbons (Fsp3) is 0.600. The number of rotatable bonds is 5. The van der Waals surface area contributed by atoms with Crippen LogP contribution in [0.25, 0.3) is 0 Å². The highest BCUT2D eigenvalue weighted by Gasteiger charge is 2.40. The molecule has 2 unspecified atom stereocenters. The molecular formula is C15H26O3Si. The zero-order valence-electron chi connectivity index (χ0n) is 12.6. The van der Waals surface area contributed by atoms with Crippen LogP contribution in [0.5, 0.6) is 0 Å². The Labute approximate surface area is 117 Å². The summed E-state index contributed by atoms with van der Waals surface area (Å²) < 4.78 is 5.94. The van der Waals surface area contributed by atoms with E-state index in [4.69, 9.17) is 4.43 Å². The van der Waals surface area contributed by atoms with Gasteiger partial charge in [0, 0.05) is 0 Å². The van der Waals surface area contributed by atoms with Gasteiger partial charge in [-0.15, -0.1) is 0 Å². The summed E-state index contributed by atoms with van der Waals surface area (Å²) in [5, 5.41) is 19.9. The minimum atomic E-state index is -2.04. The van der Waals surface area contributed by atoms with Gasteiger partial charge in [0.25, 0.3) is 0 Å². The van der Waals surface area contributed by atoms with Crippen molar-refractivity contribution in [3.05, 3.63) is 35.9 Å². The number of aliphatic hydroxyl groups excluding tert-OH is 2. The smallest absolute Gasteiger partial charge is 0.195 e. The van der Waals surface area contributed by atoms with E-state index in [1.54, 1.807) is 0 Å². The molecule has 0 heterocycles. The lowest BCUT2D eigenvalue weighted by atomic mass is 10.00. The SMILES string of the molecule is CC(C)(C)[Si](C)(C)OC(O)C(CO)c1ccccc1. The Hall–Kier alpha value is -0.683. The topological polar surface area (TPSA) is 49.7 Å². The lowest BCUT2D eigenvalue weighted by Crippen LogP contribution is -2.45. The first-order valence-corrected chi connectivity index (χ1v) is 9.61. The van der Waals surface area contributed by atoms with Gasteiger partial charge in [-0.3, -0.25) is 0 Å². The Bertz CT molecular complexity index is 384. The molecule has 0 bridgehead atoms. The lowest BCUT2D eigenvalue weighted by Gasteiger charge is -2.39. The average molecular weight is 282 g/mol. The summed E-state index contributed by atoms with van der Waals surface area (Å²) in [5.41, 5.74) is 0.899. The Morgan fingerprint density at radius 1 is 1.16 bits per heavy atom. The molecule has 19 heavy (non-hydrogen) atoms. The maximum Gasteiger partial charge on any atom is 0.195 e. The van der Waals surface area contributed by atoms with Crippen molar-refractivity contribution in [2.45, 2.75) is 51.1 Å². The molecule has 108 valence electrons. The summed E-state index contributed by atoms with van der Waals surface area (Å²) in [6, 6.07) is 9.52. The molecule has 0 amide bonds. The Morgan fingerprint density at radius 3 is 2.11 bits per heavy atom. The van der Waals surface area contributed by atoms with Crippen LogP contribution in [0.1, 0.15) is 32.3 Å². The maximum absolute atomic E-state index is 10.3. The predicted molar refractivity (Wildman–Crippen MR) is 80.6 cm³/mol. The number of aliphatic hydroxyl groups is 2. The quantitative estimate of drug-likeness (QED) is 0.644. The Morgan fingerprint density at radius 2 is 1.68 bits per heavy atom. The van der Waals surface area contributed by atoms with Crippen LogP contribution in [0.3, 0.4) is 0 Å². The van der Waals surface area contributed by atoms with Crippen LogP contribution >= 0.6 is 0 Å². The third kappa shape index (κ3) is 4.14. The zero-order valence-corrected chi connectivity index (χ0v) is 13.6. The van der Waals surface area contributed by atoms with E-state index in [-0.39, 0.29) is 11.6 Å². The summed E-state index contributed by atoms with van der Waals surface area (Å²) >= 11 is 0. The van der Waals surface area contributed by atoms with E-state index < -0.39 is 20.5 Å². The summed E-state index contributed by atoms with van der Waals surface area (Å²) in [7, 11) is -2.04. The normalized spacial score (nSPS) is 16.2. The van der Waals surface area contributed by atoms with E-state index in [0.717, 1.165) is 5.56 Å². The average Bonchev–Trinajstić information content (AvgIpc) is 2.29.